The number of nitrogens with zero attached hydrogens (tertiary/aromatic N) is 4. The lowest BCUT2D eigenvalue weighted by Gasteiger charge is -2.30. The number of imidazole rings is 2. The van der Waals surface area contributed by atoms with Crippen molar-refractivity contribution in [3.05, 3.63) is 106 Å². The van der Waals surface area contributed by atoms with Gasteiger partial charge in [0.2, 0.25) is 5.91 Å². The lowest BCUT2D eigenvalue weighted by molar-refractivity contribution is -0.137. The van der Waals surface area contributed by atoms with E-state index in [4.69, 9.17) is 14.2 Å². The van der Waals surface area contributed by atoms with Gasteiger partial charge in [-0.05, 0) is 79.4 Å². The maximum atomic E-state index is 13.8. The molecular formula is C43H46N8O7S. The number of likely N-dealkylation sites (tertiary alicyclic amines) is 2. The Labute approximate surface area is 345 Å². The molecule has 5 aromatic rings. The summed E-state index contributed by atoms with van der Waals surface area (Å²) >= 11 is 1.40. The number of aromatic nitrogens is 4. The van der Waals surface area contributed by atoms with Crippen molar-refractivity contribution in [2.45, 2.75) is 62.9 Å². The molecule has 59 heavy (non-hydrogen) atoms. The van der Waals surface area contributed by atoms with Crippen LogP contribution in [-0.2, 0) is 23.8 Å². The highest BCUT2D eigenvalue weighted by atomic mass is 32.1. The fourth-order valence-electron chi connectivity index (χ4n) is 7.48. The summed E-state index contributed by atoms with van der Waals surface area (Å²) in [5.74, 6) is 7.40. The standard InChI is InChI=1S/C43H46N8O7S/c1-26(56-2)36(48-42(54)57-3)40(52)50-21-5-8-33(50)38-44-24-31(46-38)29-17-13-27(14-18-29)11-12-28-15-19-30(20-16-28)32-25-45-39(47-32)34-9-6-22-51(34)41(53)37(49-43(55)58-4)35-10-7-23-59-35/h7,10,13-20,23-26,33-34,36-37H,5-6,8-9,21-22H2,1-4H3,(H,44,46)(H,45,47)(H,48,54)(H,49,55). The van der Waals surface area contributed by atoms with Crippen LogP contribution in [0.2, 0.25) is 0 Å². The number of H-pyrrole nitrogens is 2. The van der Waals surface area contributed by atoms with Gasteiger partial charge in [0.15, 0.2) is 0 Å². The zero-order valence-electron chi connectivity index (χ0n) is 33.2. The summed E-state index contributed by atoms with van der Waals surface area (Å²) in [6.45, 7) is 2.82. The predicted molar refractivity (Wildman–Crippen MR) is 220 cm³/mol. The molecule has 5 heterocycles. The number of methoxy groups -OCH3 is 3. The van der Waals surface area contributed by atoms with Crippen LogP contribution in [0.25, 0.3) is 22.5 Å². The lowest BCUT2D eigenvalue weighted by Crippen LogP contribution is -2.54. The SMILES string of the molecule is COC(=O)NC(C(=O)N1CCCC1c1ncc(-c2ccc(C#Cc3ccc(-c4cnc(C5CCCN5C(=O)C(NC(=O)OC)C(C)OC)[nH]4)cc3)cc2)[nH]1)c1cccs1. The summed E-state index contributed by atoms with van der Waals surface area (Å²) in [7, 11) is 4.03. The Kier molecular flexibility index (Phi) is 12.7. The van der Waals surface area contributed by atoms with Gasteiger partial charge >= 0.3 is 12.2 Å². The molecular weight excluding hydrogens is 773 g/mol. The van der Waals surface area contributed by atoms with Gasteiger partial charge in [0.05, 0.1) is 56.2 Å². The van der Waals surface area contributed by atoms with Crippen LogP contribution in [0.15, 0.2) is 78.4 Å². The molecule has 2 fully saturated rings. The number of hydrogen-bond donors (Lipinski definition) is 4. The van der Waals surface area contributed by atoms with Gasteiger partial charge in [-0.2, -0.15) is 0 Å². The van der Waals surface area contributed by atoms with Gasteiger partial charge in [0.25, 0.3) is 5.91 Å². The van der Waals surface area contributed by atoms with Crippen LogP contribution in [0.1, 0.15) is 78.4 Å². The number of nitrogens with one attached hydrogen (secondary N) is 4. The Morgan fingerprint density at radius 3 is 1.73 bits per heavy atom. The average molecular weight is 819 g/mol. The lowest BCUT2D eigenvalue weighted by atomic mass is 10.1. The summed E-state index contributed by atoms with van der Waals surface area (Å²) in [6.07, 6.45) is 4.73. The Morgan fingerprint density at radius 1 is 0.746 bits per heavy atom. The molecule has 5 unspecified atom stereocenters. The first-order chi connectivity index (χ1) is 28.7. The average Bonchev–Trinajstić information content (AvgIpc) is 4.13. The first kappa shape index (κ1) is 40.7. The molecule has 2 aromatic carbocycles. The van der Waals surface area contributed by atoms with Crippen molar-refractivity contribution in [3.63, 3.8) is 0 Å². The van der Waals surface area contributed by atoms with Crippen LogP contribution in [-0.4, -0.2) is 100 Å². The van der Waals surface area contributed by atoms with Crippen LogP contribution >= 0.6 is 11.3 Å². The molecule has 0 radical (unpaired) electrons. The highest BCUT2D eigenvalue weighted by molar-refractivity contribution is 7.10. The van der Waals surface area contributed by atoms with Gasteiger partial charge in [-0.3, -0.25) is 9.59 Å². The zero-order chi connectivity index (χ0) is 41.5. The van der Waals surface area contributed by atoms with Crippen LogP contribution in [0.3, 0.4) is 0 Å². The molecule has 7 rings (SSSR count). The van der Waals surface area contributed by atoms with E-state index < -0.39 is 30.4 Å². The third kappa shape index (κ3) is 9.16. The van der Waals surface area contributed by atoms with E-state index in [2.05, 4.69) is 42.4 Å². The number of rotatable bonds is 11. The van der Waals surface area contributed by atoms with E-state index in [0.29, 0.717) is 24.7 Å². The number of aromatic amines is 2. The fraction of sp³-hybridized carbons (Fsp3) is 0.349. The molecule has 2 saturated heterocycles. The van der Waals surface area contributed by atoms with Crippen LogP contribution < -0.4 is 10.6 Å². The molecule has 0 saturated carbocycles. The minimum absolute atomic E-state index is 0.202. The molecule has 2 aliphatic rings. The molecule has 4 N–H and O–H groups in total. The molecule has 15 nitrogen and oxygen atoms in total. The van der Waals surface area contributed by atoms with Crippen molar-refractivity contribution in [2.75, 3.05) is 34.4 Å². The van der Waals surface area contributed by atoms with Gasteiger partial charge in [-0.25, -0.2) is 19.6 Å². The first-order valence-electron chi connectivity index (χ1n) is 19.4. The highest BCUT2D eigenvalue weighted by Gasteiger charge is 2.39. The number of hydrogen-bond acceptors (Lipinski definition) is 10. The Hall–Kier alpha value is -6.44. The van der Waals surface area contributed by atoms with Gasteiger partial charge in [0, 0.05) is 36.2 Å². The van der Waals surface area contributed by atoms with Crippen molar-refractivity contribution in [2.24, 2.45) is 0 Å². The Morgan fingerprint density at radius 2 is 1.25 bits per heavy atom. The zero-order valence-corrected chi connectivity index (χ0v) is 34.0. The van der Waals surface area contributed by atoms with E-state index >= 15 is 0 Å². The highest BCUT2D eigenvalue weighted by Crippen LogP contribution is 2.35. The molecule has 16 heteroatoms. The largest absolute Gasteiger partial charge is 0.453 e. The molecule has 0 aliphatic carbocycles. The number of thiophene rings is 1. The minimum atomic E-state index is -0.900. The Bertz CT molecular complexity index is 2310. The van der Waals surface area contributed by atoms with Gasteiger partial charge in [-0.1, -0.05) is 42.2 Å². The second kappa shape index (κ2) is 18.4. The maximum absolute atomic E-state index is 13.8. The molecule has 2 aliphatic heterocycles. The van der Waals surface area contributed by atoms with E-state index in [1.807, 2.05) is 66.0 Å². The third-order valence-corrected chi connectivity index (χ3v) is 11.7. The smallest absolute Gasteiger partial charge is 0.407 e. The van der Waals surface area contributed by atoms with Crippen molar-refractivity contribution in [1.82, 2.24) is 40.4 Å². The molecule has 4 amide bonds. The monoisotopic (exact) mass is 818 g/mol. The van der Waals surface area contributed by atoms with Gasteiger partial charge in [-0.15, -0.1) is 11.3 Å². The van der Waals surface area contributed by atoms with E-state index in [1.54, 1.807) is 29.1 Å². The predicted octanol–water partition coefficient (Wildman–Crippen LogP) is 6.11. The number of carbonyl (C=O) groups excluding carboxylic acids is 4. The van der Waals surface area contributed by atoms with E-state index in [9.17, 15) is 19.2 Å². The van der Waals surface area contributed by atoms with Crippen molar-refractivity contribution in [3.8, 4) is 34.4 Å². The van der Waals surface area contributed by atoms with Crippen LogP contribution in [0, 0.1) is 11.8 Å². The number of benzene rings is 2. The first-order valence-corrected chi connectivity index (χ1v) is 20.2. The molecule has 0 spiro atoms. The topological polar surface area (TPSA) is 184 Å². The van der Waals surface area contributed by atoms with E-state index in [-0.39, 0.29) is 23.9 Å². The van der Waals surface area contributed by atoms with Gasteiger partial charge in [0.1, 0.15) is 23.7 Å². The minimum Gasteiger partial charge on any atom is -0.453 e. The number of alkyl carbamates (subject to hydrolysis) is 2. The summed E-state index contributed by atoms with van der Waals surface area (Å²) < 4.78 is 14.9. The summed E-state index contributed by atoms with van der Waals surface area (Å²) in [4.78, 5) is 71.8. The number of ether oxygens (including phenoxy) is 3. The molecule has 3 aromatic heterocycles. The maximum Gasteiger partial charge on any atom is 0.407 e. The van der Waals surface area contributed by atoms with E-state index in [0.717, 1.165) is 64.2 Å². The van der Waals surface area contributed by atoms with Crippen molar-refractivity contribution in [1.29, 1.82) is 0 Å². The van der Waals surface area contributed by atoms with Crippen LogP contribution in [0.5, 0.6) is 0 Å². The Balaban J connectivity index is 0.977. The third-order valence-electron chi connectivity index (χ3n) is 10.7. The quantitative estimate of drug-likeness (QED) is 0.114. The van der Waals surface area contributed by atoms with Crippen molar-refractivity contribution >= 4 is 35.3 Å². The van der Waals surface area contributed by atoms with Crippen molar-refractivity contribution < 1.29 is 33.4 Å². The second-order valence-electron chi connectivity index (χ2n) is 14.3. The normalized spacial score (nSPS) is 17.7. The summed E-state index contributed by atoms with van der Waals surface area (Å²) in [5.41, 5.74) is 5.20. The number of amides is 4. The fourth-order valence-corrected chi connectivity index (χ4v) is 8.25. The summed E-state index contributed by atoms with van der Waals surface area (Å²) in [5, 5.41) is 7.18. The summed E-state index contributed by atoms with van der Waals surface area (Å²) in [6, 6.07) is 17.2. The van der Waals surface area contributed by atoms with E-state index in [1.165, 1.54) is 32.7 Å². The molecule has 5 atom stereocenters. The van der Waals surface area contributed by atoms with Gasteiger partial charge < -0.3 is 44.6 Å². The number of carbonyl (C=O) groups is 4. The molecule has 306 valence electrons. The second-order valence-corrected chi connectivity index (χ2v) is 15.3. The molecule has 0 bridgehead atoms. The van der Waals surface area contributed by atoms with Crippen LogP contribution in [0.4, 0.5) is 9.59 Å².